The molecule has 136 valence electrons. The van der Waals surface area contributed by atoms with Crippen LogP contribution in [0.3, 0.4) is 0 Å². The normalized spacial score (nSPS) is 16.2. The highest BCUT2D eigenvalue weighted by Gasteiger charge is 2.23. The van der Waals surface area contributed by atoms with E-state index in [1.165, 1.54) is 5.56 Å². The summed E-state index contributed by atoms with van der Waals surface area (Å²) in [7, 11) is 0. The molecule has 1 rings (SSSR count). The number of hydrogen-bond donors (Lipinski definition) is 3. The Kier molecular flexibility index (Phi) is 9.65. The minimum atomic E-state index is -0.643. The van der Waals surface area contributed by atoms with Gasteiger partial charge in [0.05, 0.1) is 6.10 Å². The maximum absolute atomic E-state index is 12.0. The number of unbranched alkanes of at least 4 members (excludes halogenated alkanes) is 1. The molecule has 0 fully saturated rings. The van der Waals surface area contributed by atoms with Crippen LogP contribution in [-0.4, -0.2) is 29.7 Å². The predicted molar refractivity (Wildman–Crippen MR) is 99.6 cm³/mol. The quantitative estimate of drug-likeness (QED) is 0.545. The van der Waals surface area contributed by atoms with Crippen molar-refractivity contribution >= 4 is 5.91 Å². The molecule has 1 aromatic carbocycles. The first-order chi connectivity index (χ1) is 11.4. The number of carbonyl (C=O) groups is 1. The number of hydrogen-bond acceptors (Lipinski definition) is 3. The Balaban J connectivity index is 2.35. The summed E-state index contributed by atoms with van der Waals surface area (Å²) in [5.41, 5.74) is 7.45. The van der Waals surface area contributed by atoms with E-state index in [2.05, 4.69) is 31.3 Å². The van der Waals surface area contributed by atoms with Crippen LogP contribution in [0.15, 0.2) is 30.3 Å². The second-order valence-electron chi connectivity index (χ2n) is 7.04. The number of nitrogens with one attached hydrogen (secondary N) is 1. The summed E-state index contributed by atoms with van der Waals surface area (Å²) in [5.74, 6) is 0.185. The lowest BCUT2D eigenvalue weighted by molar-refractivity contribution is -0.125. The van der Waals surface area contributed by atoms with E-state index in [0.29, 0.717) is 18.9 Å². The molecule has 4 nitrogen and oxygen atoms in total. The lowest BCUT2D eigenvalue weighted by Gasteiger charge is -2.24. The number of aliphatic hydroxyl groups is 1. The summed E-state index contributed by atoms with van der Waals surface area (Å²) in [6.45, 7) is 6.80. The van der Waals surface area contributed by atoms with Crippen LogP contribution in [0.25, 0.3) is 0 Å². The van der Waals surface area contributed by atoms with Gasteiger partial charge in [-0.1, -0.05) is 57.5 Å². The minimum Gasteiger partial charge on any atom is -0.391 e. The van der Waals surface area contributed by atoms with Gasteiger partial charge in [0.1, 0.15) is 0 Å². The van der Waals surface area contributed by atoms with Crippen LogP contribution in [0.1, 0.15) is 52.0 Å². The largest absolute Gasteiger partial charge is 0.391 e. The van der Waals surface area contributed by atoms with E-state index in [1.54, 1.807) is 0 Å². The molecule has 0 saturated heterocycles. The molecule has 0 unspecified atom stereocenters. The van der Waals surface area contributed by atoms with Crippen LogP contribution in [0.4, 0.5) is 0 Å². The Hall–Kier alpha value is -1.39. The molecule has 4 atom stereocenters. The Morgan fingerprint density at radius 2 is 1.88 bits per heavy atom. The average Bonchev–Trinajstić information content (AvgIpc) is 2.55. The van der Waals surface area contributed by atoms with Crippen LogP contribution in [0.2, 0.25) is 0 Å². The van der Waals surface area contributed by atoms with Crippen molar-refractivity contribution in [1.29, 1.82) is 0 Å². The van der Waals surface area contributed by atoms with E-state index in [1.807, 2.05) is 25.1 Å². The van der Waals surface area contributed by atoms with Gasteiger partial charge >= 0.3 is 0 Å². The summed E-state index contributed by atoms with van der Waals surface area (Å²) in [6.07, 6.45) is 3.51. The van der Waals surface area contributed by atoms with Crippen molar-refractivity contribution in [2.75, 3.05) is 6.54 Å². The maximum Gasteiger partial charge on any atom is 0.222 e. The smallest absolute Gasteiger partial charge is 0.222 e. The zero-order valence-electron chi connectivity index (χ0n) is 15.4. The van der Waals surface area contributed by atoms with E-state index < -0.39 is 6.10 Å². The highest BCUT2D eigenvalue weighted by Crippen LogP contribution is 2.17. The van der Waals surface area contributed by atoms with Gasteiger partial charge in [0.2, 0.25) is 5.91 Å². The van der Waals surface area contributed by atoms with Crippen LogP contribution in [-0.2, 0) is 11.2 Å². The molecule has 0 aliphatic carbocycles. The zero-order chi connectivity index (χ0) is 17.9. The van der Waals surface area contributed by atoms with Crippen LogP contribution in [0, 0.1) is 11.8 Å². The van der Waals surface area contributed by atoms with Crippen molar-refractivity contribution in [2.45, 2.75) is 65.0 Å². The zero-order valence-corrected chi connectivity index (χ0v) is 15.4. The molecular formula is C20H34N2O2. The number of nitrogens with two attached hydrogens (primary N) is 1. The van der Waals surface area contributed by atoms with Gasteiger partial charge in [-0.2, -0.15) is 0 Å². The number of carbonyl (C=O) groups excluding carboxylic acids is 1. The number of amides is 1. The first-order valence-electron chi connectivity index (χ1n) is 9.19. The highest BCUT2D eigenvalue weighted by atomic mass is 16.3. The lowest BCUT2D eigenvalue weighted by Crippen LogP contribution is -2.40. The second kappa shape index (κ2) is 11.2. The van der Waals surface area contributed by atoms with Crippen LogP contribution < -0.4 is 11.1 Å². The van der Waals surface area contributed by atoms with Gasteiger partial charge in [0, 0.05) is 18.5 Å². The Labute approximate surface area is 146 Å². The van der Waals surface area contributed by atoms with Gasteiger partial charge in [0.25, 0.3) is 0 Å². The first kappa shape index (κ1) is 20.7. The Bertz CT molecular complexity index is 464. The molecule has 1 aromatic rings. The van der Waals surface area contributed by atoms with Crippen molar-refractivity contribution in [3.8, 4) is 0 Å². The molecule has 24 heavy (non-hydrogen) atoms. The summed E-state index contributed by atoms with van der Waals surface area (Å²) < 4.78 is 0. The molecule has 4 N–H and O–H groups in total. The van der Waals surface area contributed by atoms with E-state index in [-0.39, 0.29) is 17.9 Å². The minimum absolute atomic E-state index is 0.00651. The SMILES string of the molecule is CCCCNC(=O)[C@H](C)C[C@H](O)[C@@H](N)C[C@@H](C)Cc1ccccc1. The van der Waals surface area contributed by atoms with Crippen molar-refractivity contribution < 1.29 is 9.90 Å². The molecule has 0 saturated carbocycles. The molecule has 0 aliphatic heterocycles. The average molecular weight is 335 g/mol. The molecule has 0 bridgehead atoms. The van der Waals surface area contributed by atoms with E-state index in [0.717, 1.165) is 25.7 Å². The fourth-order valence-electron chi connectivity index (χ4n) is 2.93. The van der Waals surface area contributed by atoms with Gasteiger partial charge in [0.15, 0.2) is 0 Å². The first-order valence-corrected chi connectivity index (χ1v) is 9.19. The third-order valence-electron chi connectivity index (χ3n) is 4.47. The van der Waals surface area contributed by atoms with Crippen molar-refractivity contribution in [3.05, 3.63) is 35.9 Å². The van der Waals surface area contributed by atoms with Crippen molar-refractivity contribution in [3.63, 3.8) is 0 Å². The molecule has 0 heterocycles. The van der Waals surface area contributed by atoms with Gasteiger partial charge in [-0.05, 0) is 37.2 Å². The molecule has 4 heteroatoms. The van der Waals surface area contributed by atoms with Gasteiger partial charge < -0.3 is 16.2 Å². The topological polar surface area (TPSA) is 75.3 Å². The Morgan fingerprint density at radius 3 is 2.50 bits per heavy atom. The number of benzene rings is 1. The summed E-state index contributed by atoms with van der Waals surface area (Å²) in [6, 6.07) is 10.0. The van der Waals surface area contributed by atoms with Crippen molar-refractivity contribution in [1.82, 2.24) is 5.32 Å². The van der Waals surface area contributed by atoms with E-state index in [4.69, 9.17) is 5.73 Å². The van der Waals surface area contributed by atoms with Crippen LogP contribution >= 0.6 is 0 Å². The lowest BCUT2D eigenvalue weighted by atomic mass is 9.89. The molecule has 1 amide bonds. The molecular weight excluding hydrogens is 300 g/mol. The fourth-order valence-corrected chi connectivity index (χ4v) is 2.93. The van der Waals surface area contributed by atoms with Crippen molar-refractivity contribution in [2.24, 2.45) is 17.6 Å². The summed E-state index contributed by atoms with van der Waals surface area (Å²) in [4.78, 5) is 12.0. The second-order valence-corrected chi connectivity index (χ2v) is 7.04. The van der Waals surface area contributed by atoms with Crippen LogP contribution in [0.5, 0.6) is 0 Å². The van der Waals surface area contributed by atoms with E-state index in [9.17, 15) is 9.90 Å². The number of aliphatic hydroxyl groups excluding tert-OH is 1. The predicted octanol–water partition coefficient (Wildman–Crippen LogP) is 2.89. The Morgan fingerprint density at radius 1 is 1.21 bits per heavy atom. The fraction of sp³-hybridized carbons (Fsp3) is 0.650. The molecule has 0 radical (unpaired) electrons. The molecule has 0 spiro atoms. The van der Waals surface area contributed by atoms with Gasteiger partial charge in [-0.15, -0.1) is 0 Å². The molecule has 0 aliphatic rings. The summed E-state index contributed by atoms with van der Waals surface area (Å²) in [5, 5.41) is 13.2. The van der Waals surface area contributed by atoms with E-state index >= 15 is 0 Å². The standard InChI is InChI=1S/C20H34N2O2/c1-4-5-11-22-20(24)16(3)14-19(23)18(21)13-15(2)12-17-9-7-6-8-10-17/h6-10,15-16,18-19,23H,4-5,11-14,21H2,1-3H3,(H,22,24)/t15-,16+,18-,19-/m0/s1. The monoisotopic (exact) mass is 334 g/mol. The maximum atomic E-state index is 12.0. The third kappa shape index (κ3) is 7.93. The van der Waals surface area contributed by atoms with Gasteiger partial charge in [-0.25, -0.2) is 0 Å². The highest BCUT2D eigenvalue weighted by molar-refractivity contribution is 5.78. The number of rotatable bonds is 11. The third-order valence-corrected chi connectivity index (χ3v) is 4.47. The molecule has 0 aromatic heterocycles. The summed E-state index contributed by atoms with van der Waals surface area (Å²) >= 11 is 0. The van der Waals surface area contributed by atoms with Gasteiger partial charge in [-0.3, -0.25) is 4.79 Å².